The number of carboxylic acid groups (broad SMARTS) is 1. The summed E-state index contributed by atoms with van der Waals surface area (Å²) in [6.07, 6.45) is 0.178. The molecule has 1 N–H and O–H groups in total. The van der Waals surface area contributed by atoms with Gasteiger partial charge in [-0.05, 0) is 7.05 Å². The Morgan fingerprint density at radius 1 is 1.62 bits per heavy atom. The Morgan fingerprint density at radius 3 is 2.81 bits per heavy atom. The van der Waals surface area contributed by atoms with Crippen molar-refractivity contribution < 1.29 is 9.90 Å². The smallest absolute Gasteiger partial charge is 0.304 e. The first kappa shape index (κ1) is 13.1. The van der Waals surface area contributed by atoms with E-state index in [9.17, 15) is 4.79 Å². The average molecular weight is 242 g/mol. The molecule has 0 aliphatic heterocycles. The van der Waals surface area contributed by atoms with Crippen LogP contribution < -0.4 is 0 Å². The molecule has 0 bridgehead atoms. The van der Waals surface area contributed by atoms with E-state index >= 15 is 0 Å². The fraction of sp³-hybridized carbons (Fsp3) is 0.636. The quantitative estimate of drug-likeness (QED) is 0.830. The zero-order chi connectivity index (χ0) is 12.1. The van der Waals surface area contributed by atoms with Crippen molar-refractivity contribution >= 4 is 17.3 Å². The van der Waals surface area contributed by atoms with Gasteiger partial charge in [0.05, 0.1) is 17.1 Å². The highest BCUT2D eigenvalue weighted by molar-refractivity contribution is 7.09. The largest absolute Gasteiger partial charge is 0.481 e. The Hall–Kier alpha value is -0.940. The standard InChI is InChI=1S/C11H18N2O2S/c1-8(2)11-12-9(7-16-11)6-13(3)5-4-10(14)15/h7-8H,4-6H2,1-3H3,(H,14,15). The number of aliphatic carboxylic acids is 1. The van der Waals surface area contributed by atoms with Gasteiger partial charge in [0.25, 0.3) is 0 Å². The van der Waals surface area contributed by atoms with E-state index in [2.05, 4.69) is 18.8 Å². The van der Waals surface area contributed by atoms with Gasteiger partial charge in [-0.25, -0.2) is 4.98 Å². The van der Waals surface area contributed by atoms with E-state index in [4.69, 9.17) is 5.11 Å². The number of aromatic nitrogens is 1. The van der Waals surface area contributed by atoms with Gasteiger partial charge < -0.3 is 5.11 Å². The maximum Gasteiger partial charge on any atom is 0.304 e. The maximum atomic E-state index is 10.4. The molecule has 0 aliphatic carbocycles. The molecule has 0 unspecified atom stereocenters. The molecule has 5 heteroatoms. The van der Waals surface area contributed by atoms with Crippen LogP contribution in [0.5, 0.6) is 0 Å². The van der Waals surface area contributed by atoms with Crippen LogP contribution in [-0.2, 0) is 11.3 Å². The van der Waals surface area contributed by atoms with E-state index in [1.807, 2.05) is 17.3 Å². The van der Waals surface area contributed by atoms with Crippen LogP contribution >= 0.6 is 11.3 Å². The van der Waals surface area contributed by atoms with Crippen molar-refractivity contribution in [2.24, 2.45) is 0 Å². The minimum absolute atomic E-state index is 0.178. The molecule has 1 heterocycles. The molecule has 90 valence electrons. The third kappa shape index (κ3) is 4.28. The fourth-order valence-electron chi connectivity index (χ4n) is 1.30. The number of thiazole rings is 1. The summed E-state index contributed by atoms with van der Waals surface area (Å²) in [6.45, 7) is 5.52. The summed E-state index contributed by atoms with van der Waals surface area (Å²) in [5.41, 5.74) is 1.03. The maximum absolute atomic E-state index is 10.4. The summed E-state index contributed by atoms with van der Waals surface area (Å²) < 4.78 is 0. The first-order valence-corrected chi connectivity index (χ1v) is 6.21. The molecule has 0 saturated heterocycles. The molecule has 0 amide bonds. The van der Waals surface area contributed by atoms with Crippen LogP contribution in [0.4, 0.5) is 0 Å². The van der Waals surface area contributed by atoms with Crippen molar-refractivity contribution in [3.63, 3.8) is 0 Å². The molecule has 0 aliphatic rings. The highest BCUT2D eigenvalue weighted by atomic mass is 32.1. The number of carbonyl (C=O) groups is 1. The Balaban J connectivity index is 2.43. The third-order valence-corrected chi connectivity index (χ3v) is 3.40. The molecule has 0 atom stereocenters. The third-order valence-electron chi connectivity index (χ3n) is 2.20. The van der Waals surface area contributed by atoms with Crippen LogP contribution in [0.25, 0.3) is 0 Å². The van der Waals surface area contributed by atoms with Crippen LogP contribution in [-0.4, -0.2) is 34.6 Å². The SMILES string of the molecule is CC(C)c1nc(CN(C)CCC(=O)O)cs1. The first-order chi connectivity index (χ1) is 7.49. The molecule has 1 rings (SSSR count). The Morgan fingerprint density at radius 2 is 2.31 bits per heavy atom. The second kappa shape index (κ2) is 5.96. The molecule has 1 aromatic heterocycles. The predicted molar refractivity (Wildman–Crippen MR) is 64.8 cm³/mol. The summed E-state index contributed by atoms with van der Waals surface area (Å²) in [5, 5.41) is 11.8. The molecule has 0 radical (unpaired) electrons. The van der Waals surface area contributed by atoms with Gasteiger partial charge in [-0.1, -0.05) is 13.8 Å². The van der Waals surface area contributed by atoms with E-state index in [0.717, 1.165) is 17.2 Å². The van der Waals surface area contributed by atoms with E-state index in [1.165, 1.54) is 0 Å². The van der Waals surface area contributed by atoms with Gasteiger partial charge in [0.1, 0.15) is 0 Å². The van der Waals surface area contributed by atoms with Crippen LogP contribution in [0, 0.1) is 0 Å². The zero-order valence-corrected chi connectivity index (χ0v) is 10.8. The Labute approximate surface area is 99.9 Å². The van der Waals surface area contributed by atoms with Gasteiger partial charge in [0, 0.05) is 24.4 Å². The minimum Gasteiger partial charge on any atom is -0.481 e. The summed E-state index contributed by atoms with van der Waals surface area (Å²) in [5.74, 6) is -0.295. The highest BCUT2D eigenvalue weighted by Gasteiger charge is 2.08. The van der Waals surface area contributed by atoms with Crippen molar-refractivity contribution in [3.05, 3.63) is 16.1 Å². The van der Waals surface area contributed by atoms with Crippen molar-refractivity contribution in [2.45, 2.75) is 32.7 Å². The lowest BCUT2D eigenvalue weighted by molar-refractivity contribution is -0.137. The Kier molecular flexibility index (Phi) is 4.89. The van der Waals surface area contributed by atoms with Crippen LogP contribution in [0.1, 0.15) is 36.9 Å². The topological polar surface area (TPSA) is 53.4 Å². The number of nitrogens with zero attached hydrogens (tertiary/aromatic N) is 2. The molecule has 16 heavy (non-hydrogen) atoms. The van der Waals surface area contributed by atoms with Crippen LogP contribution in [0.15, 0.2) is 5.38 Å². The molecular weight excluding hydrogens is 224 g/mol. The van der Waals surface area contributed by atoms with Gasteiger partial charge in [-0.3, -0.25) is 9.69 Å². The van der Waals surface area contributed by atoms with Crippen molar-refractivity contribution in [1.29, 1.82) is 0 Å². The second-order valence-electron chi connectivity index (χ2n) is 4.21. The van der Waals surface area contributed by atoms with E-state index in [0.29, 0.717) is 12.5 Å². The summed E-state index contributed by atoms with van der Waals surface area (Å²) >= 11 is 1.67. The monoisotopic (exact) mass is 242 g/mol. The van der Waals surface area contributed by atoms with Gasteiger partial charge in [-0.15, -0.1) is 11.3 Å². The molecule has 0 saturated carbocycles. The lowest BCUT2D eigenvalue weighted by atomic mass is 10.2. The number of rotatable bonds is 6. The van der Waals surface area contributed by atoms with E-state index in [1.54, 1.807) is 11.3 Å². The first-order valence-electron chi connectivity index (χ1n) is 5.33. The summed E-state index contributed by atoms with van der Waals surface area (Å²) in [4.78, 5) is 16.9. The summed E-state index contributed by atoms with van der Waals surface area (Å²) in [7, 11) is 1.91. The van der Waals surface area contributed by atoms with Crippen molar-refractivity contribution in [3.8, 4) is 0 Å². The highest BCUT2D eigenvalue weighted by Crippen LogP contribution is 2.19. The predicted octanol–water partition coefficient (Wildman–Crippen LogP) is 2.17. The Bertz CT molecular complexity index is 350. The molecule has 0 spiro atoms. The molecule has 1 aromatic rings. The molecule has 4 nitrogen and oxygen atoms in total. The molecular formula is C11H18N2O2S. The zero-order valence-electron chi connectivity index (χ0n) is 9.93. The van der Waals surface area contributed by atoms with E-state index in [-0.39, 0.29) is 6.42 Å². The van der Waals surface area contributed by atoms with Crippen molar-refractivity contribution in [2.75, 3.05) is 13.6 Å². The average Bonchev–Trinajstić information content (AvgIpc) is 2.63. The normalized spacial score (nSPS) is 11.3. The number of carboxylic acids is 1. The van der Waals surface area contributed by atoms with Gasteiger partial charge in [-0.2, -0.15) is 0 Å². The number of hydrogen-bond acceptors (Lipinski definition) is 4. The lowest BCUT2D eigenvalue weighted by Crippen LogP contribution is -2.21. The van der Waals surface area contributed by atoms with Gasteiger partial charge in [0.15, 0.2) is 0 Å². The molecule has 0 aromatic carbocycles. The summed E-state index contributed by atoms with van der Waals surface area (Å²) in [6, 6.07) is 0. The van der Waals surface area contributed by atoms with Crippen LogP contribution in [0.3, 0.4) is 0 Å². The van der Waals surface area contributed by atoms with Crippen LogP contribution in [0.2, 0.25) is 0 Å². The fourth-order valence-corrected chi connectivity index (χ4v) is 2.13. The second-order valence-corrected chi connectivity index (χ2v) is 5.10. The number of hydrogen-bond donors (Lipinski definition) is 1. The van der Waals surface area contributed by atoms with Gasteiger partial charge in [0.2, 0.25) is 0 Å². The minimum atomic E-state index is -0.756. The molecule has 0 fully saturated rings. The van der Waals surface area contributed by atoms with Crippen molar-refractivity contribution in [1.82, 2.24) is 9.88 Å². The van der Waals surface area contributed by atoms with Gasteiger partial charge >= 0.3 is 5.97 Å². The van der Waals surface area contributed by atoms with E-state index < -0.39 is 5.97 Å². The lowest BCUT2D eigenvalue weighted by Gasteiger charge is -2.13.